The Balaban J connectivity index is 0.000000187. The van der Waals surface area contributed by atoms with Crippen LogP contribution < -0.4 is 15.6 Å². The largest absolute Gasteiger partial charge is 0.496 e. The number of nitrogens with one attached hydrogen (secondary N) is 2. The van der Waals surface area contributed by atoms with E-state index in [1.54, 1.807) is 58.3 Å². The average molecular weight is 754 g/mol. The molecule has 3 aromatic heterocycles. The molecule has 55 heavy (non-hydrogen) atoms. The number of hydrogen-bond acceptors (Lipinski definition) is 11. The number of esters is 2. The van der Waals surface area contributed by atoms with E-state index in [0.717, 1.165) is 25.7 Å². The van der Waals surface area contributed by atoms with E-state index in [2.05, 4.69) is 16.4 Å². The van der Waals surface area contributed by atoms with Crippen LogP contribution in [0.3, 0.4) is 0 Å². The van der Waals surface area contributed by atoms with Crippen molar-refractivity contribution in [2.24, 2.45) is 0 Å². The number of aromatic amines is 1. The molecule has 12 heteroatoms. The summed E-state index contributed by atoms with van der Waals surface area (Å²) in [4.78, 5) is 52.8. The van der Waals surface area contributed by atoms with Crippen LogP contribution in [0.5, 0.6) is 5.75 Å². The van der Waals surface area contributed by atoms with Gasteiger partial charge in [-0.2, -0.15) is 5.26 Å². The summed E-state index contributed by atoms with van der Waals surface area (Å²) in [5, 5.41) is 14.1. The predicted octanol–water partition coefficient (Wildman–Crippen LogP) is 8.51. The number of thiophene rings is 1. The summed E-state index contributed by atoms with van der Waals surface area (Å²) in [5.74, 6) is -0.474. The van der Waals surface area contributed by atoms with E-state index in [4.69, 9.17) is 18.6 Å². The molecule has 276 valence electrons. The number of methoxy groups -OCH3 is 1. The Labute approximate surface area is 319 Å². The number of fused-ring (bicyclic) bond motifs is 4. The van der Waals surface area contributed by atoms with Crippen molar-refractivity contribution in [2.45, 2.75) is 13.8 Å². The quantitative estimate of drug-likeness (QED) is 0.0456. The summed E-state index contributed by atoms with van der Waals surface area (Å²) in [7, 11) is 3.30. The lowest BCUT2D eigenvalue weighted by Crippen LogP contribution is -2.21. The highest BCUT2D eigenvalue weighted by Gasteiger charge is 2.27. The molecule has 0 atom stereocenters. The van der Waals surface area contributed by atoms with Crippen molar-refractivity contribution in [1.82, 2.24) is 4.98 Å². The van der Waals surface area contributed by atoms with Gasteiger partial charge in [0.2, 0.25) is 0 Å². The third-order valence-electron chi connectivity index (χ3n) is 8.63. The van der Waals surface area contributed by atoms with Gasteiger partial charge in [-0.25, -0.2) is 9.59 Å². The first-order chi connectivity index (χ1) is 26.8. The number of ether oxygens (including phenoxy) is 3. The van der Waals surface area contributed by atoms with Crippen molar-refractivity contribution in [2.75, 3.05) is 32.7 Å². The molecule has 0 aliphatic carbocycles. The minimum Gasteiger partial charge on any atom is -0.496 e. The molecule has 2 N–H and O–H groups in total. The second-order valence-electron chi connectivity index (χ2n) is 11.8. The van der Waals surface area contributed by atoms with Gasteiger partial charge in [0.1, 0.15) is 22.5 Å². The smallest absolute Gasteiger partial charge is 0.344 e. The zero-order valence-electron chi connectivity index (χ0n) is 30.4. The number of rotatable bonds is 10. The summed E-state index contributed by atoms with van der Waals surface area (Å²) >= 11 is 1.53. The van der Waals surface area contributed by atoms with E-state index < -0.39 is 17.5 Å². The number of aldehydes is 1. The Kier molecular flexibility index (Phi) is 11.5. The van der Waals surface area contributed by atoms with Gasteiger partial charge < -0.3 is 28.9 Å². The molecule has 0 aliphatic rings. The van der Waals surface area contributed by atoms with Crippen molar-refractivity contribution >= 4 is 72.1 Å². The van der Waals surface area contributed by atoms with Crippen molar-refractivity contribution in [3.63, 3.8) is 0 Å². The molecule has 11 nitrogen and oxygen atoms in total. The van der Waals surface area contributed by atoms with Crippen molar-refractivity contribution in [3.05, 3.63) is 135 Å². The lowest BCUT2D eigenvalue weighted by atomic mass is 9.95. The first-order valence-electron chi connectivity index (χ1n) is 17.2. The minimum absolute atomic E-state index is 0.000376. The summed E-state index contributed by atoms with van der Waals surface area (Å²) in [6.45, 7) is 3.69. The molecule has 4 aromatic carbocycles. The van der Waals surface area contributed by atoms with Crippen LogP contribution in [0.4, 0.5) is 5.69 Å². The molecule has 0 bridgehead atoms. The van der Waals surface area contributed by atoms with Gasteiger partial charge in [0, 0.05) is 39.2 Å². The van der Waals surface area contributed by atoms with Crippen LogP contribution >= 0.6 is 11.3 Å². The number of nitriles is 1. The van der Waals surface area contributed by atoms with Crippen LogP contribution in [0.1, 0.15) is 41.1 Å². The molecule has 0 unspecified atom stereocenters. The van der Waals surface area contributed by atoms with Crippen LogP contribution in [0.15, 0.2) is 112 Å². The molecule has 0 amide bonds. The van der Waals surface area contributed by atoms with Crippen molar-refractivity contribution in [1.29, 1.82) is 5.26 Å². The van der Waals surface area contributed by atoms with Gasteiger partial charge in [-0.1, -0.05) is 60.7 Å². The van der Waals surface area contributed by atoms with E-state index in [1.807, 2.05) is 66.7 Å². The maximum atomic E-state index is 12.9. The molecule has 0 saturated heterocycles. The molecule has 7 rings (SSSR count). The summed E-state index contributed by atoms with van der Waals surface area (Å²) in [6, 6.07) is 31.3. The average Bonchev–Trinajstić information content (AvgIpc) is 3.77. The highest BCUT2D eigenvalue weighted by atomic mass is 32.1. The first kappa shape index (κ1) is 37.8. The summed E-state index contributed by atoms with van der Waals surface area (Å²) in [5.41, 5.74) is 3.72. The van der Waals surface area contributed by atoms with Crippen LogP contribution in [-0.2, 0) is 19.1 Å². The molecular weight excluding hydrogens is 719 g/mol. The van der Waals surface area contributed by atoms with Gasteiger partial charge in [-0.05, 0) is 55.8 Å². The Hall–Kier alpha value is -6.97. The predicted molar refractivity (Wildman–Crippen MR) is 214 cm³/mol. The molecule has 7 aromatic rings. The fourth-order valence-electron chi connectivity index (χ4n) is 6.30. The van der Waals surface area contributed by atoms with Gasteiger partial charge in [0.15, 0.2) is 12.0 Å². The Morgan fingerprint density at radius 3 is 2.35 bits per heavy atom. The summed E-state index contributed by atoms with van der Waals surface area (Å²) in [6.07, 6.45) is 0.457. The van der Waals surface area contributed by atoms with Crippen LogP contribution in [0.2, 0.25) is 0 Å². The number of anilines is 1. The van der Waals surface area contributed by atoms with Crippen molar-refractivity contribution in [3.8, 4) is 22.9 Å². The maximum absolute atomic E-state index is 12.9. The van der Waals surface area contributed by atoms with Crippen LogP contribution in [0, 0.1) is 11.3 Å². The Bertz CT molecular complexity index is 2710. The summed E-state index contributed by atoms with van der Waals surface area (Å²) < 4.78 is 23.6. The van der Waals surface area contributed by atoms with Gasteiger partial charge in [0.25, 0.3) is 5.56 Å². The number of H-pyrrole nitrogens is 1. The van der Waals surface area contributed by atoms with Crippen molar-refractivity contribution < 1.29 is 33.0 Å². The second kappa shape index (κ2) is 16.8. The standard InChI is InChI=1S/C22H18N2O4.C21H17NO4S/c1-3-27-22(26)17(13-25)19(15-8-6-7-14(11-15)12-23)21-20(24-2)16-9-4-5-10-18(16)28-21;1-3-26-21(24)17-16(12-8-4-6-10-14(12)25-2)19-18(22-20(17)23)13-9-5-7-11-15(13)27-19/h4-11,13,24H,3H2,1-2H3;4-11H,3H2,1-2H3,(H,22,23)/b19-17+;. The monoisotopic (exact) mass is 753 g/mol. The minimum atomic E-state index is -0.752. The number of pyridine rings is 1. The normalized spacial score (nSPS) is 11.3. The molecule has 0 aliphatic heterocycles. The number of hydrogen-bond donors (Lipinski definition) is 2. The number of benzene rings is 4. The molecule has 0 fully saturated rings. The van der Waals surface area contributed by atoms with Gasteiger partial charge >= 0.3 is 11.9 Å². The maximum Gasteiger partial charge on any atom is 0.344 e. The van der Waals surface area contributed by atoms with Gasteiger partial charge in [-0.15, -0.1) is 11.3 Å². The van der Waals surface area contributed by atoms with Crippen LogP contribution in [-0.4, -0.2) is 50.6 Å². The van der Waals surface area contributed by atoms with E-state index in [1.165, 1.54) is 11.3 Å². The molecule has 0 saturated carbocycles. The number of furan rings is 1. The third-order valence-corrected chi connectivity index (χ3v) is 9.82. The molecule has 0 radical (unpaired) electrons. The number of aromatic nitrogens is 1. The Morgan fingerprint density at radius 1 is 0.927 bits per heavy atom. The molecular formula is C43H35N3O8S. The van der Waals surface area contributed by atoms with Gasteiger partial charge in [0.05, 0.1) is 47.9 Å². The van der Waals surface area contributed by atoms with E-state index >= 15 is 0 Å². The zero-order chi connectivity index (χ0) is 39.1. The zero-order valence-corrected chi connectivity index (χ0v) is 31.2. The molecule has 0 spiro atoms. The lowest BCUT2D eigenvalue weighted by Gasteiger charge is -2.13. The highest BCUT2D eigenvalue weighted by Crippen LogP contribution is 2.43. The molecule has 3 heterocycles. The lowest BCUT2D eigenvalue weighted by molar-refractivity contribution is -0.139. The topological polar surface area (TPSA) is 161 Å². The number of carbonyl (C=O) groups is 3. The number of nitrogens with zero attached hydrogens (tertiary/aromatic N) is 1. The van der Waals surface area contributed by atoms with E-state index in [-0.39, 0.29) is 29.9 Å². The Morgan fingerprint density at radius 2 is 1.64 bits per heavy atom. The third kappa shape index (κ3) is 7.33. The fourth-order valence-corrected chi connectivity index (χ4v) is 7.52. The SMILES string of the molecule is CCOC(=O)/C(C=O)=C(\c1cccc(C#N)c1)c1oc2ccccc2c1NC.CCOC(=O)c1c(-c2ccccc2OC)c2sc3ccccc3c2[nH]c1=O. The number of para-hydroxylation sites is 2. The number of carbonyl (C=O) groups excluding carboxylic acids is 3. The fraction of sp³-hybridized carbons (Fsp3) is 0.140. The highest BCUT2D eigenvalue weighted by molar-refractivity contribution is 7.26. The second-order valence-corrected chi connectivity index (χ2v) is 12.9. The van der Waals surface area contributed by atoms with E-state index in [0.29, 0.717) is 51.3 Å². The first-order valence-corrected chi connectivity index (χ1v) is 18.1. The van der Waals surface area contributed by atoms with Gasteiger partial charge in [-0.3, -0.25) is 9.59 Å². The van der Waals surface area contributed by atoms with Crippen LogP contribution in [0.25, 0.3) is 48.0 Å². The van der Waals surface area contributed by atoms with E-state index in [9.17, 15) is 24.4 Å².